The van der Waals surface area contributed by atoms with Crippen LogP contribution in [0.5, 0.6) is 0 Å². The van der Waals surface area contributed by atoms with Crippen molar-refractivity contribution >= 4 is 5.91 Å². The lowest BCUT2D eigenvalue weighted by Gasteiger charge is -2.29. The van der Waals surface area contributed by atoms with Crippen molar-refractivity contribution in [2.75, 3.05) is 26.3 Å². The standard InChI is InChI=1S/C14H28N2O2/c1-3-4-9-18-10-8-16-14(17)11-13-12(2)6-5-7-15-13/h12-13,15H,3-11H2,1-2H3,(H,16,17). The molecule has 1 amide bonds. The summed E-state index contributed by atoms with van der Waals surface area (Å²) in [7, 11) is 0. The SMILES string of the molecule is CCCCOCCNC(=O)CC1NCCCC1C. The monoisotopic (exact) mass is 256 g/mol. The molecular weight excluding hydrogens is 228 g/mol. The quantitative estimate of drug-likeness (QED) is 0.650. The van der Waals surface area contributed by atoms with Gasteiger partial charge in [-0.2, -0.15) is 0 Å². The number of rotatable bonds is 8. The Labute approximate surface area is 111 Å². The molecule has 1 rings (SSSR count). The predicted octanol–water partition coefficient (Wildman–Crippen LogP) is 1.70. The van der Waals surface area contributed by atoms with Crippen LogP contribution in [0.3, 0.4) is 0 Å². The van der Waals surface area contributed by atoms with Gasteiger partial charge in [-0.3, -0.25) is 4.79 Å². The lowest BCUT2D eigenvalue weighted by atomic mass is 9.90. The smallest absolute Gasteiger partial charge is 0.221 e. The molecule has 2 unspecified atom stereocenters. The minimum Gasteiger partial charge on any atom is -0.380 e. The third-order valence-corrected chi connectivity index (χ3v) is 3.55. The van der Waals surface area contributed by atoms with Gasteiger partial charge in [-0.1, -0.05) is 20.3 Å². The summed E-state index contributed by atoms with van der Waals surface area (Å²) in [5.41, 5.74) is 0. The second-order valence-corrected chi connectivity index (χ2v) is 5.20. The zero-order chi connectivity index (χ0) is 13.2. The van der Waals surface area contributed by atoms with Crippen LogP contribution in [0.15, 0.2) is 0 Å². The van der Waals surface area contributed by atoms with Gasteiger partial charge in [-0.05, 0) is 31.7 Å². The maximum atomic E-state index is 11.7. The molecule has 0 aromatic rings. The van der Waals surface area contributed by atoms with Crippen LogP contribution in [0.25, 0.3) is 0 Å². The number of piperidine rings is 1. The molecule has 0 bridgehead atoms. The molecule has 106 valence electrons. The Balaban J connectivity index is 2.02. The molecule has 4 nitrogen and oxygen atoms in total. The summed E-state index contributed by atoms with van der Waals surface area (Å²) in [6, 6.07) is 0.347. The Hall–Kier alpha value is -0.610. The molecule has 0 spiro atoms. The van der Waals surface area contributed by atoms with E-state index in [0.29, 0.717) is 31.5 Å². The van der Waals surface area contributed by atoms with Gasteiger partial charge in [0.05, 0.1) is 6.61 Å². The van der Waals surface area contributed by atoms with E-state index in [1.54, 1.807) is 0 Å². The van der Waals surface area contributed by atoms with Crippen molar-refractivity contribution in [3.63, 3.8) is 0 Å². The van der Waals surface area contributed by atoms with Gasteiger partial charge in [0.15, 0.2) is 0 Å². The third-order valence-electron chi connectivity index (χ3n) is 3.55. The summed E-state index contributed by atoms with van der Waals surface area (Å²) in [5, 5.41) is 6.35. The topological polar surface area (TPSA) is 50.4 Å². The summed E-state index contributed by atoms with van der Waals surface area (Å²) >= 11 is 0. The van der Waals surface area contributed by atoms with Gasteiger partial charge in [-0.25, -0.2) is 0 Å². The van der Waals surface area contributed by atoms with Gasteiger partial charge in [0.25, 0.3) is 0 Å². The van der Waals surface area contributed by atoms with Crippen molar-refractivity contribution in [3.05, 3.63) is 0 Å². The van der Waals surface area contributed by atoms with E-state index in [1.165, 1.54) is 12.8 Å². The molecule has 1 fully saturated rings. The number of carbonyl (C=O) groups is 1. The fraction of sp³-hybridized carbons (Fsp3) is 0.929. The zero-order valence-electron chi connectivity index (χ0n) is 11.8. The van der Waals surface area contributed by atoms with Crippen LogP contribution in [-0.2, 0) is 9.53 Å². The zero-order valence-corrected chi connectivity index (χ0v) is 11.8. The summed E-state index contributed by atoms with van der Waals surface area (Å²) < 4.78 is 5.41. The highest BCUT2D eigenvalue weighted by molar-refractivity contribution is 5.76. The lowest BCUT2D eigenvalue weighted by Crippen LogP contribution is -2.43. The third kappa shape index (κ3) is 6.36. The molecule has 1 aliphatic heterocycles. The molecule has 18 heavy (non-hydrogen) atoms. The van der Waals surface area contributed by atoms with Crippen LogP contribution in [0.4, 0.5) is 0 Å². The van der Waals surface area contributed by atoms with Gasteiger partial charge < -0.3 is 15.4 Å². The molecular formula is C14H28N2O2. The molecule has 0 aromatic carbocycles. The first-order valence-corrected chi connectivity index (χ1v) is 7.32. The summed E-state index contributed by atoms with van der Waals surface area (Å²) in [6.45, 7) is 7.46. The average Bonchev–Trinajstić information content (AvgIpc) is 2.36. The number of ether oxygens (including phenoxy) is 1. The molecule has 0 saturated carbocycles. The fourth-order valence-electron chi connectivity index (χ4n) is 2.27. The summed E-state index contributed by atoms with van der Waals surface area (Å²) in [4.78, 5) is 11.7. The van der Waals surface area contributed by atoms with Gasteiger partial charge in [0, 0.05) is 25.6 Å². The molecule has 2 N–H and O–H groups in total. The van der Waals surface area contributed by atoms with Crippen molar-refractivity contribution in [1.29, 1.82) is 0 Å². The van der Waals surface area contributed by atoms with Crippen molar-refractivity contribution in [2.45, 2.75) is 52.0 Å². The predicted molar refractivity (Wildman–Crippen MR) is 73.5 cm³/mol. The second kappa shape index (κ2) is 9.34. The van der Waals surface area contributed by atoms with Crippen LogP contribution in [0.2, 0.25) is 0 Å². The Kier molecular flexibility index (Phi) is 8.01. The first-order chi connectivity index (χ1) is 8.74. The molecule has 1 saturated heterocycles. The number of hydrogen-bond acceptors (Lipinski definition) is 3. The van der Waals surface area contributed by atoms with Crippen molar-refractivity contribution < 1.29 is 9.53 Å². The minimum atomic E-state index is 0.139. The normalized spacial score (nSPS) is 23.9. The molecule has 2 atom stereocenters. The molecule has 0 radical (unpaired) electrons. The highest BCUT2D eigenvalue weighted by Gasteiger charge is 2.22. The van der Waals surface area contributed by atoms with E-state index in [0.717, 1.165) is 26.0 Å². The molecule has 0 aromatic heterocycles. The van der Waals surface area contributed by atoms with Gasteiger partial charge >= 0.3 is 0 Å². The highest BCUT2D eigenvalue weighted by atomic mass is 16.5. The Morgan fingerprint density at radius 2 is 2.28 bits per heavy atom. The number of nitrogens with one attached hydrogen (secondary N) is 2. The van der Waals surface area contributed by atoms with E-state index in [4.69, 9.17) is 4.74 Å². The maximum Gasteiger partial charge on any atom is 0.221 e. The number of amides is 1. The summed E-state index contributed by atoms with van der Waals surface area (Å²) in [5.74, 6) is 0.741. The Morgan fingerprint density at radius 1 is 1.44 bits per heavy atom. The molecule has 1 heterocycles. The van der Waals surface area contributed by atoms with Gasteiger partial charge in [0.1, 0.15) is 0 Å². The van der Waals surface area contributed by atoms with E-state index in [-0.39, 0.29) is 5.91 Å². The Morgan fingerprint density at radius 3 is 3.00 bits per heavy atom. The minimum absolute atomic E-state index is 0.139. The lowest BCUT2D eigenvalue weighted by molar-refractivity contribution is -0.122. The molecule has 1 aliphatic rings. The molecule has 0 aliphatic carbocycles. The van der Waals surface area contributed by atoms with Crippen LogP contribution in [0.1, 0.15) is 46.0 Å². The van der Waals surface area contributed by atoms with Crippen molar-refractivity contribution in [1.82, 2.24) is 10.6 Å². The number of hydrogen-bond donors (Lipinski definition) is 2. The van der Waals surface area contributed by atoms with Crippen LogP contribution >= 0.6 is 0 Å². The Bertz CT molecular complexity index is 234. The first-order valence-electron chi connectivity index (χ1n) is 7.32. The second-order valence-electron chi connectivity index (χ2n) is 5.20. The first kappa shape index (κ1) is 15.4. The molecule has 4 heteroatoms. The number of carbonyl (C=O) groups excluding carboxylic acids is 1. The maximum absolute atomic E-state index is 11.7. The van der Waals surface area contributed by atoms with Crippen molar-refractivity contribution in [3.8, 4) is 0 Å². The summed E-state index contributed by atoms with van der Waals surface area (Å²) in [6.07, 6.45) is 5.29. The van der Waals surface area contributed by atoms with E-state index in [9.17, 15) is 4.79 Å². The van der Waals surface area contributed by atoms with Crippen LogP contribution < -0.4 is 10.6 Å². The van der Waals surface area contributed by atoms with E-state index >= 15 is 0 Å². The van der Waals surface area contributed by atoms with E-state index < -0.39 is 0 Å². The van der Waals surface area contributed by atoms with E-state index in [1.807, 2.05) is 0 Å². The van der Waals surface area contributed by atoms with E-state index in [2.05, 4.69) is 24.5 Å². The average molecular weight is 256 g/mol. The largest absolute Gasteiger partial charge is 0.380 e. The number of unbranched alkanes of at least 4 members (excludes halogenated alkanes) is 1. The highest BCUT2D eigenvalue weighted by Crippen LogP contribution is 2.17. The fourth-order valence-corrected chi connectivity index (χ4v) is 2.27. The van der Waals surface area contributed by atoms with Crippen molar-refractivity contribution in [2.24, 2.45) is 5.92 Å². The van der Waals surface area contributed by atoms with Crippen LogP contribution in [-0.4, -0.2) is 38.3 Å². The van der Waals surface area contributed by atoms with Gasteiger partial charge in [0.2, 0.25) is 5.91 Å². The van der Waals surface area contributed by atoms with Gasteiger partial charge in [-0.15, -0.1) is 0 Å². The van der Waals surface area contributed by atoms with Crippen LogP contribution in [0, 0.1) is 5.92 Å².